The maximum absolute atomic E-state index is 13.1. The molecule has 1 amide bonds. The zero-order valence-electron chi connectivity index (χ0n) is 15.7. The number of halogens is 5. The Labute approximate surface area is 203 Å². The summed E-state index contributed by atoms with van der Waals surface area (Å²) in [4.78, 5) is 25.1. The molecule has 3 N–H and O–H groups in total. The van der Waals surface area contributed by atoms with E-state index in [0.717, 1.165) is 0 Å². The van der Waals surface area contributed by atoms with E-state index < -0.39 is 52.0 Å². The minimum Gasteiger partial charge on any atom is -0.506 e. The summed E-state index contributed by atoms with van der Waals surface area (Å²) in [6.45, 7) is 0. The first-order chi connectivity index (χ1) is 14.2. The predicted molar refractivity (Wildman–Crippen MR) is 119 cm³/mol. The number of phenols is 1. The van der Waals surface area contributed by atoms with Crippen LogP contribution in [0.2, 0.25) is 0 Å². The van der Waals surface area contributed by atoms with Gasteiger partial charge in [-0.25, -0.2) is 0 Å². The SMILES string of the molecule is O=C(NC1CCCCC1C(=O)OC(CS(=O)(=O)O)C(F)(F)F)c1cc(I)cc(I)c1O. The number of esters is 1. The standard InChI is InChI=1S/C17H18F3I2NO7S/c18-17(19,20)13(7-31(27,28)29)30-16(26)9-3-1-2-4-12(9)23-15(25)10-5-8(21)6-11(22)14(10)24/h5-6,9,12-13,24H,1-4,7H2,(H,23,25)(H,27,28,29). The molecule has 174 valence electrons. The molecule has 1 fully saturated rings. The van der Waals surface area contributed by atoms with Crippen molar-refractivity contribution in [2.45, 2.75) is 44.0 Å². The molecule has 2 rings (SSSR count). The van der Waals surface area contributed by atoms with Crippen molar-refractivity contribution >= 4 is 67.2 Å². The lowest BCUT2D eigenvalue weighted by molar-refractivity contribution is -0.218. The molecule has 31 heavy (non-hydrogen) atoms. The number of ether oxygens (including phenoxy) is 1. The summed E-state index contributed by atoms with van der Waals surface area (Å²) in [6, 6.07) is 2.19. The number of carbonyl (C=O) groups is 2. The van der Waals surface area contributed by atoms with E-state index in [2.05, 4.69) is 10.1 Å². The molecule has 3 unspecified atom stereocenters. The van der Waals surface area contributed by atoms with Crippen LogP contribution in [0.4, 0.5) is 13.2 Å². The highest BCUT2D eigenvalue weighted by Gasteiger charge is 2.47. The van der Waals surface area contributed by atoms with Gasteiger partial charge in [0.15, 0.2) is 0 Å². The minimum atomic E-state index is -5.21. The molecule has 0 bridgehead atoms. The average molecular weight is 691 g/mol. The second-order valence-corrected chi connectivity index (χ2v) is 10.9. The van der Waals surface area contributed by atoms with Gasteiger partial charge in [-0.2, -0.15) is 21.6 Å². The highest BCUT2D eigenvalue weighted by molar-refractivity contribution is 14.1. The number of hydrogen-bond donors (Lipinski definition) is 3. The van der Waals surface area contributed by atoms with E-state index in [0.29, 0.717) is 20.0 Å². The van der Waals surface area contributed by atoms with Crippen molar-refractivity contribution in [3.8, 4) is 5.75 Å². The summed E-state index contributed by atoms with van der Waals surface area (Å²) < 4.78 is 75.2. The fourth-order valence-corrected chi connectivity index (χ4v) is 5.67. The van der Waals surface area contributed by atoms with E-state index >= 15 is 0 Å². The molecule has 0 saturated heterocycles. The van der Waals surface area contributed by atoms with Crippen molar-refractivity contribution < 1.29 is 45.6 Å². The Kier molecular flexibility index (Phi) is 8.82. The second kappa shape index (κ2) is 10.4. The Bertz CT molecular complexity index is 956. The fraction of sp³-hybridized carbons (Fsp3) is 0.529. The lowest BCUT2D eigenvalue weighted by Gasteiger charge is -2.32. The Hall–Kier alpha value is -0.880. The number of aromatic hydroxyl groups is 1. The maximum Gasteiger partial charge on any atom is 0.426 e. The number of carbonyl (C=O) groups excluding carboxylic acids is 2. The molecular weight excluding hydrogens is 673 g/mol. The quantitative estimate of drug-likeness (QED) is 0.238. The zero-order valence-corrected chi connectivity index (χ0v) is 20.8. The summed E-state index contributed by atoms with van der Waals surface area (Å²) in [7, 11) is -5.06. The number of hydrogen-bond acceptors (Lipinski definition) is 6. The molecule has 1 aromatic carbocycles. The second-order valence-electron chi connectivity index (χ2n) is 6.97. The zero-order chi connectivity index (χ0) is 23.6. The number of amides is 1. The van der Waals surface area contributed by atoms with Crippen molar-refractivity contribution in [3.63, 3.8) is 0 Å². The molecular formula is C17H18F3I2NO7S. The molecule has 3 atom stereocenters. The lowest BCUT2D eigenvalue weighted by Crippen LogP contribution is -2.48. The van der Waals surface area contributed by atoms with Crippen molar-refractivity contribution in [2.75, 3.05) is 5.75 Å². The smallest absolute Gasteiger partial charge is 0.426 e. The van der Waals surface area contributed by atoms with Gasteiger partial charge >= 0.3 is 12.1 Å². The van der Waals surface area contributed by atoms with E-state index in [1.165, 1.54) is 6.07 Å². The number of benzene rings is 1. The van der Waals surface area contributed by atoms with Gasteiger partial charge in [0.2, 0.25) is 6.10 Å². The first-order valence-corrected chi connectivity index (χ1v) is 12.7. The first kappa shape index (κ1) is 26.4. The van der Waals surface area contributed by atoms with Gasteiger partial charge in [-0.1, -0.05) is 12.8 Å². The third-order valence-corrected chi connectivity index (χ3v) is 6.81. The van der Waals surface area contributed by atoms with E-state index in [4.69, 9.17) is 4.55 Å². The molecule has 0 radical (unpaired) electrons. The summed E-state index contributed by atoms with van der Waals surface area (Å²) in [5, 5.41) is 12.7. The number of nitrogens with one attached hydrogen (secondary N) is 1. The normalized spacial score (nSPS) is 20.7. The third kappa shape index (κ3) is 7.59. The van der Waals surface area contributed by atoms with Crippen LogP contribution >= 0.6 is 45.2 Å². The van der Waals surface area contributed by atoms with Gasteiger partial charge in [0.25, 0.3) is 16.0 Å². The van der Waals surface area contributed by atoms with Gasteiger partial charge < -0.3 is 15.2 Å². The lowest BCUT2D eigenvalue weighted by atomic mass is 9.84. The number of rotatable bonds is 6. The molecule has 1 aliphatic carbocycles. The molecule has 1 saturated carbocycles. The van der Waals surface area contributed by atoms with Crippen LogP contribution in [0.1, 0.15) is 36.0 Å². The van der Waals surface area contributed by atoms with Crippen LogP contribution in [0.5, 0.6) is 5.75 Å². The Morgan fingerprint density at radius 2 is 1.84 bits per heavy atom. The molecule has 0 heterocycles. The van der Waals surface area contributed by atoms with Gasteiger partial charge in [0.1, 0.15) is 11.5 Å². The summed E-state index contributed by atoms with van der Waals surface area (Å²) in [6.07, 6.45) is -6.75. The highest BCUT2D eigenvalue weighted by Crippen LogP contribution is 2.31. The van der Waals surface area contributed by atoms with Crippen LogP contribution in [0, 0.1) is 13.1 Å². The van der Waals surface area contributed by atoms with E-state index in [9.17, 15) is 36.3 Å². The van der Waals surface area contributed by atoms with Crippen molar-refractivity contribution in [1.29, 1.82) is 0 Å². The highest BCUT2D eigenvalue weighted by atomic mass is 127. The largest absolute Gasteiger partial charge is 0.506 e. The van der Waals surface area contributed by atoms with Crippen LogP contribution in [0.25, 0.3) is 0 Å². The van der Waals surface area contributed by atoms with Gasteiger partial charge in [-0.05, 0) is 70.2 Å². The third-order valence-electron chi connectivity index (χ3n) is 4.64. The van der Waals surface area contributed by atoms with Crippen LogP contribution in [0.15, 0.2) is 12.1 Å². The molecule has 14 heteroatoms. The summed E-state index contributed by atoms with van der Waals surface area (Å²) >= 11 is 3.79. The van der Waals surface area contributed by atoms with Crippen molar-refractivity contribution in [3.05, 3.63) is 24.8 Å². The van der Waals surface area contributed by atoms with Gasteiger partial charge in [-0.3, -0.25) is 14.1 Å². The number of alkyl halides is 3. The summed E-state index contributed by atoms with van der Waals surface area (Å²) in [5.74, 6) is -5.26. The van der Waals surface area contributed by atoms with Gasteiger partial charge in [0, 0.05) is 9.61 Å². The van der Waals surface area contributed by atoms with E-state index in [1.54, 1.807) is 6.07 Å². The first-order valence-electron chi connectivity index (χ1n) is 8.90. The average Bonchev–Trinajstić information content (AvgIpc) is 2.62. The maximum atomic E-state index is 13.1. The van der Waals surface area contributed by atoms with Gasteiger partial charge in [0.05, 0.1) is 15.1 Å². The summed E-state index contributed by atoms with van der Waals surface area (Å²) in [5.41, 5.74) is -0.0477. The molecule has 8 nitrogen and oxygen atoms in total. The Morgan fingerprint density at radius 3 is 2.42 bits per heavy atom. The Morgan fingerprint density at radius 1 is 1.23 bits per heavy atom. The minimum absolute atomic E-state index is 0.0477. The number of phenolic OH excluding ortho intramolecular Hbond substituents is 1. The van der Waals surface area contributed by atoms with Crippen LogP contribution < -0.4 is 5.32 Å². The van der Waals surface area contributed by atoms with Crippen LogP contribution in [-0.4, -0.2) is 54.0 Å². The molecule has 1 aliphatic rings. The van der Waals surface area contributed by atoms with Crippen LogP contribution in [0.3, 0.4) is 0 Å². The van der Waals surface area contributed by atoms with Crippen molar-refractivity contribution in [1.82, 2.24) is 5.32 Å². The predicted octanol–water partition coefficient (Wildman–Crippen LogP) is 3.25. The molecule has 1 aromatic rings. The fourth-order valence-electron chi connectivity index (χ4n) is 3.19. The topological polar surface area (TPSA) is 130 Å². The van der Waals surface area contributed by atoms with Crippen molar-refractivity contribution in [2.24, 2.45) is 5.92 Å². The molecule has 0 spiro atoms. The Balaban J connectivity index is 2.19. The van der Waals surface area contributed by atoms with E-state index in [1.807, 2.05) is 45.2 Å². The monoisotopic (exact) mass is 691 g/mol. The molecule has 0 aliphatic heterocycles. The van der Waals surface area contributed by atoms with Gasteiger partial charge in [-0.15, -0.1) is 0 Å². The van der Waals surface area contributed by atoms with E-state index in [-0.39, 0.29) is 24.2 Å². The van der Waals surface area contributed by atoms with Crippen LogP contribution in [-0.2, 0) is 19.6 Å². The molecule has 0 aromatic heterocycles.